The lowest BCUT2D eigenvalue weighted by atomic mass is 9.54. The van der Waals surface area contributed by atoms with Gasteiger partial charge in [-0.15, -0.1) is 0 Å². The van der Waals surface area contributed by atoms with E-state index in [4.69, 9.17) is 0 Å². The molecule has 0 atom stereocenters. The summed E-state index contributed by atoms with van der Waals surface area (Å²) in [5.41, 5.74) is 0. The van der Waals surface area contributed by atoms with Crippen LogP contribution in [0.4, 0.5) is 0 Å². The Morgan fingerprint density at radius 2 is 1.61 bits per heavy atom. The van der Waals surface area contributed by atoms with Gasteiger partial charge >= 0.3 is 0 Å². The SMILES string of the molecule is O=C(CN1CCC(CN2CCCCC2=O)CC1)NC1C2CC3CC(C2)CC1C3. The Hall–Kier alpha value is -1.10. The van der Waals surface area contributed by atoms with E-state index >= 15 is 0 Å². The maximum atomic E-state index is 12.7. The molecule has 6 rings (SSSR count). The minimum atomic E-state index is 0.252. The van der Waals surface area contributed by atoms with Crippen molar-refractivity contribution >= 4 is 11.8 Å². The molecule has 5 nitrogen and oxygen atoms in total. The Morgan fingerprint density at radius 3 is 2.25 bits per heavy atom. The minimum absolute atomic E-state index is 0.252. The third-order valence-electron chi connectivity index (χ3n) is 8.53. The molecular weight excluding hydrogens is 350 g/mol. The zero-order valence-corrected chi connectivity index (χ0v) is 17.3. The number of carbonyl (C=O) groups is 2. The molecule has 6 fully saturated rings. The van der Waals surface area contributed by atoms with Gasteiger partial charge in [0.15, 0.2) is 0 Å². The minimum Gasteiger partial charge on any atom is -0.352 e. The summed E-state index contributed by atoms with van der Waals surface area (Å²) < 4.78 is 0. The molecule has 0 unspecified atom stereocenters. The number of rotatable bonds is 5. The summed E-state index contributed by atoms with van der Waals surface area (Å²) in [6.07, 6.45) is 12.1. The van der Waals surface area contributed by atoms with Crippen LogP contribution in [0.2, 0.25) is 0 Å². The maximum absolute atomic E-state index is 12.7. The molecule has 0 radical (unpaired) electrons. The van der Waals surface area contributed by atoms with Gasteiger partial charge in [0, 0.05) is 25.6 Å². The second-order valence-electron chi connectivity index (χ2n) is 10.5. The predicted molar refractivity (Wildman–Crippen MR) is 109 cm³/mol. The van der Waals surface area contributed by atoms with Crippen LogP contribution in [-0.4, -0.2) is 60.4 Å². The van der Waals surface area contributed by atoms with Crippen LogP contribution in [0.5, 0.6) is 0 Å². The maximum Gasteiger partial charge on any atom is 0.234 e. The van der Waals surface area contributed by atoms with Gasteiger partial charge < -0.3 is 10.2 Å². The standard InChI is InChI=1S/C23H37N3O2/c27-21(24-23-19-10-17-9-18(12-19)13-20(23)11-17)15-25-7-4-16(5-8-25)14-26-6-2-1-3-22(26)28/h16-20,23H,1-15H2,(H,24,27). The predicted octanol–water partition coefficient (Wildman–Crippen LogP) is 2.65. The van der Waals surface area contributed by atoms with Crippen LogP contribution < -0.4 is 5.32 Å². The van der Waals surface area contributed by atoms with Crippen LogP contribution in [0.25, 0.3) is 0 Å². The summed E-state index contributed by atoms with van der Waals surface area (Å²) in [4.78, 5) is 29.2. The molecule has 28 heavy (non-hydrogen) atoms. The van der Waals surface area contributed by atoms with E-state index in [1.165, 1.54) is 32.1 Å². The number of nitrogens with one attached hydrogen (secondary N) is 1. The number of likely N-dealkylation sites (tertiary alicyclic amines) is 2. The molecule has 156 valence electrons. The molecule has 0 spiro atoms. The van der Waals surface area contributed by atoms with Gasteiger partial charge in [-0.05, 0) is 100 Å². The number of piperidine rings is 2. The van der Waals surface area contributed by atoms with Gasteiger partial charge in [-0.25, -0.2) is 0 Å². The van der Waals surface area contributed by atoms with Crippen molar-refractivity contribution in [2.24, 2.45) is 29.6 Å². The summed E-state index contributed by atoms with van der Waals surface area (Å²) in [6.45, 7) is 4.46. The molecule has 0 aromatic rings. The molecular formula is C23H37N3O2. The Kier molecular flexibility index (Phi) is 5.38. The third kappa shape index (κ3) is 3.96. The fraction of sp³-hybridized carbons (Fsp3) is 0.913. The highest BCUT2D eigenvalue weighted by atomic mass is 16.2. The van der Waals surface area contributed by atoms with E-state index in [0.29, 0.717) is 24.4 Å². The Balaban J connectivity index is 1.05. The number of hydrogen-bond acceptors (Lipinski definition) is 3. The quantitative estimate of drug-likeness (QED) is 0.789. The zero-order valence-electron chi connectivity index (χ0n) is 17.3. The van der Waals surface area contributed by atoms with Gasteiger partial charge in [-0.1, -0.05) is 0 Å². The molecule has 4 saturated carbocycles. The van der Waals surface area contributed by atoms with Crippen LogP contribution >= 0.6 is 0 Å². The summed E-state index contributed by atoms with van der Waals surface area (Å²) in [5.74, 6) is 4.65. The van der Waals surface area contributed by atoms with E-state index in [1.54, 1.807) is 0 Å². The molecule has 2 aliphatic heterocycles. The lowest BCUT2D eigenvalue weighted by Gasteiger charge is -2.54. The summed E-state index contributed by atoms with van der Waals surface area (Å²) in [5, 5.41) is 3.46. The second-order valence-corrected chi connectivity index (χ2v) is 10.5. The lowest BCUT2D eigenvalue weighted by Crippen LogP contribution is -2.57. The lowest BCUT2D eigenvalue weighted by molar-refractivity contribution is -0.134. The van der Waals surface area contributed by atoms with E-state index in [-0.39, 0.29) is 5.91 Å². The Bertz CT molecular complexity index is 571. The zero-order chi connectivity index (χ0) is 19.1. The molecule has 0 aromatic carbocycles. The molecule has 6 aliphatic rings. The average Bonchev–Trinajstić information content (AvgIpc) is 2.67. The second kappa shape index (κ2) is 7.97. The molecule has 2 amide bonds. The van der Waals surface area contributed by atoms with Gasteiger partial charge in [-0.2, -0.15) is 0 Å². The average molecular weight is 388 g/mol. The van der Waals surface area contributed by atoms with Crippen molar-refractivity contribution in [3.05, 3.63) is 0 Å². The molecule has 0 aromatic heterocycles. The number of hydrogen-bond donors (Lipinski definition) is 1. The van der Waals surface area contributed by atoms with E-state index in [2.05, 4.69) is 15.1 Å². The van der Waals surface area contributed by atoms with E-state index in [9.17, 15) is 9.59 Å². The molecule has 4 bridgehead atoms. The molecule has 1 N–H and O–H groups in total. The molecule has 2 saturated heterocycles. The number of amides is 2. The topological polar surface area (TPSA) is 52.7 Å². The van der Waals surface area contributed by atoms with E-state index in [0.717, 1.165) is 82.0 Å². The van der Waals surface area contributed by atoms with Crippen molar-refractivity contribution in [2.45, 2.75) is 70.3 Å². The fourth-order valence-corrected chi connectivity index (χ4v) is 7.29. The van der Waals surface area contributed by atoms with Gasteiger partial charge in [0.25, 0.3) is 0 Å². The Labute approximate surface area is 169 Å². The number of nitrogens with zero attached hydrogens (tertiary/aromatic N) is 2. The normalized spacial score (nSPS) is 38.8. The van der Waals surface area contributed by atoms with Crippen molar-refractivity contribution in [2.75, 3.05) is 32.7 Å². The van der Waals surface area contributed by atoms with Gasteiger partial charge in [0.2, 0.25) is 11.8 Å². The van der Waals surface area contributed by atoms with Crippen molar-refractivity contribution in [3.63, 3.8) is 0 Å². The van der Waals surface area contributed by atoms with Gasteiger partial charge in [0.1, 0.15) is 0 Å². The van der Waals surface area contributed by atoms with Crippen LogP contribution in [0.1, 0.15) is 64.2 Å². The van der Waals surface area contributed by atoms with Crippen molar-refractivity contribution in [1.29, 1.82) is 0 Å². The Morgan fingerprint density at radius 1 is 0.929 bits per heavy atom. The van der Waals surface area contributed by atoms with Crippen LogP contribution in [-0.2, 0) is 9.59 Å². The van der Waals surface area contributed by atoms with E-state index in [1.807, 2.05) is 0 Å². The van der Waals surface area contributed by atoms with Crippen molar-refractivity contribution in [3.8, 4) is 0 Å². The summed E-state index contributed by atoms with van der Waals surface area (Å²) in [7, 11) is 0. The first-order valence-electron chi connectivity index (χ1n) is 11.9. The highest BCUT2D eigenvalue weighted by molar-refractivity contribution is 5.78. The first kappa shape index (κ1) is 18.9. The largest absolute Gasteiger partial charge is 0.352 e. The van der Waals surface area contributed by atoms with Crippen LogP contribution in [0, 0.1) is 29.6 Å². The molecule has 5 heteroatoms. The van der Waals surface area contributed by atoms with Crippen LogP contribution in [0.3, 0.4) is 0 Å². The van der Waals surface area contributed by atoms with Crippen molar-refractivity contribution in [1.82, 2.24) is 15.1 Å². The van der Waals surface area contributed by atoms with Gasteiger partial charge in [0.05, 0.1) is 6.54 Å². The monoisotopic (exact) mass is 387 g/mol. The fourth-order valence-electron chi connectivity index (χ4n) is 7.29. The highest BCUT2D eigenvalue weighted by Gasteiger charge is 2.48. The third-order valence-corrected chi connectivity index (χ3v) is 8.53. The summed E-state index contributed by atoms with van der Waals surface area (Å²) >= 11 is 0. The van der Waals surface area contributed by atoms with E-state index < -0.39 is 0 Å². The first-order valence-corrected chi connectivity index (χ1v) is 11.9. The van der Waals surface area contributed by atoms with Gasteiger partial charge in [-0.3, -0.25) is 14.5 Å². The molecule has 2 heterocycles. The summed E-state index contributed by atoms with van der Waals surface area (Å²) in [6, 6.07) is 0.461. The molecule has 4 aliphatic carbocycles. The smallest absolute Gasteiger partial charge is 0.234 e. The van der Waals surface area contributed by atoms with Crippen molar-refractivity contribution < 1.29 is 9.59 Å². The first-order chi connectivity index (χ1) is 13.6. The highest BCUT2D eigenvalue weighted by Crippen LogP contribution is 2.53. The van der Waals surface area contributed by atoms with Crippen LogP contribution in [0.15, 0.2) is 0 Å². The number of carbonyl (C=O) groups excluding carboxylic acids is 2.